The average molecular weight is 276 g/mol. The van der Waals surface area contributed by atoms with E-state index in [1.54, 1.807) is 20.8 Å². The fourth-order valence-corrected chi connectivity index (χ4v) is 2.54. The first-order valence-corrected chi connectivity index (χ1v) is 6.58. The summed E-state index contributed by atoms with van der Waals surface area (Å²) in [6.45, 7) is 6.70. The minimum atomic E-state index is -1.12. The number of nitrogens with zero attached hydrogens (tertiary/aromatic N) is 1. The largest absolute Gasteiger partial charge is 0.389 e. The van der Waals surface area contributed by atoms with Crippen LogP contribution in [-0.2, 0) is 10.3 Å². The molecule has 0 aliphatic carbocycles. The van der Waals surface area contributed by atoms with Gasteiger partial charge in [-0.25, -0.2) is 4.79 Å². The Morgan fingerprint density at radius 1 is 1.30 bits per heavy atom. The summed E-state index contributed by atoms with van der Waals surface area (Å²) in [7, 11) is 0. The first-order valence-electron chi connectivity index (χ1n) is 6.58. The molecule has 1 fully saturated rings. The number of hydrogen-bond donors (Lipinski definition) is 2. The Balaban J connectivity index is 2.39. The predicted molar refractivity (Wildman–Crippen MR) is 75.1 cm³/mol. The lowest BCUT2D eigenvalue weighted by molar-refractivity contribution is -0.133. The van der Waals surface area contributed by atoms with Crippen molar-refractivity contribution >= 4 is 11.9 Å². The Kier molecular flexibility index (Phi) is 3.34. The van der Waals surface area contributed by atoms with Crippen LogP contribution in [0.4, 0.5) is 4.79 Å². The normalized spacial score (nSPS) is 23.1. The van der Waals surface area contributed by atoms with Gasteiger partial charge < -0.3 is 10.4 Å². The number of nitrogens with one attached hydrogen (secondary N) is 1. The second kappa shape index (κ2) is 4.59. The van der Waals surface area contributed by atoms with Gasteiger partial charge in [-0.1, -0.05) is 24.3 Å². The molecular weight excluding hydrogens is 256 g/mol. The number of imide groups is 1. The third-order valence-electron chi connectivity index (χ3n) is 3.50. The first kappa shape index (κ1) is 14.5. The topological polar surface area (TPSA) is 69.6 Å². The van der Waals surface area contributed by atoms with Gasteiger partial charge in [0.25, 0.3) is 5.91 Å². The molecule has 20 heavy (non-hydrogen) atoms. The summed E-state index contributed by atoms with van der Waals surface area (Å²) in [6, 6.07) is 6.99. The van der Waals surface area contributed by atoms with E-state index in [1.807, 2.05) is 31.2 Å². The molecule has 1 aromatic carbocycles. The van der Waals surface area contributed by atoms with Crippen molar-refractivity contribution in [3.05, 3.63) is 35.4 Å². The van der Waals surface area contributed by atoms with Crippen molar-refractivity contribution < 1.29 is 14.7 Å². The van der Waals surface area contributed by atoms with Crippen LogP contribution in [0.15, 0.2) is 24.3 Å². The molecule has 0 spiro atoms. The molecule has 2 rings (SSSR count). The lowest BCUT2D eigenvalue weighted by Gasteiger charge is -2.26. The van der Waals surface area contributed by atoms with Crippen LogP contribution in [0.1, 0.15) is 31.9 Å². The van der Waals surface area contributed by atoms with Crippen molar-refractivity contribution in [2.45, 2.75) is 38.8 Å². The monoisotopic (exact) mass is 276 g/mol. The molecule has 0 radical (unpaired) electrons. The van der Waals surface area contributed by atoms with Crippen molar-refractivity contribution in [2.24, 2.45) is 0 Å². The molecule has 1 heterocycles. The van der Waals surface area contributed by atoms with Gasteiger partial charge in [-0.2, -0.15) is 0 Å². The van der Waals surface area contributed by atoms with Crippen molar-refractivity contribution in [3.63, 3.8) is 0 Å². The molecule has 1 saturated heterocycles. The standard InChI is InChI=1S/C15H20N2O3/c1-10-7-5-6-8-11(10)15(4)12(18)17(13(19)16-15)9-14(2,3)20/h5-8,20H,9H2,1-4H3,(H,16,19). The minimum absolute atomic E-state index is 0.0286. The van der Waals surface area contributed by atoms with Crippen LogP contribution in [0.2, 0.25) is 0 Å². The molecule has 0 saturated carbocycles. The molecule has 108 valence electrons. The van der Waals surface area contributed by atoms with E-state index < -0.39 is 17.2 Å². The number of rotatable bonds is 3. The lowest BCUT2D eigenvalue weighted by Crippen LogP contribution is -2.44. The number of carbonyl (C=O) groups excluding carboxylic acids is 2. The van der Waals surface area contributed by atoms with Crippen molar-refractivity contribution in [2.75, 3.05) is 6.54 Å². The maximum Gasteiger partial charge on any atom is 0.325 e. The maximum atomic E-state index is 12.6. The Morgan fingerprint density at radius 2 is 1.90 bits per heavy atom. The molecule has 1 aliphatic heterocycles. The van der Waals surface area contributed by atoms with E-state index in [2.05, 4.69) is 5.32 Å². The van der Waals surface area contributed by atoms with E-state index in [0.717, 1.165) is 16.0 Å². The molecule has 1 atom stereocenters. The zero-order chi connectivity index (χ0) is 15.1. The number of aryl methyl sites for hydroxylation is 1. The highest BCUT2D eigenvalue weighted by atomic mass is 16.3. The molecule has 3 amide bonds. The van der Waals surface area contributed by atoms with Gasteiger partial charge in [0.05, 0.1) is 12.1 Å². The van der Waals surface area contributed by atoms with Gasteiger partial charge in [0, 0.05) is 0 Å². The quantitative estimate of drug-likeness (QED) is 0.823. The van der Waals surface area contributed by atoms with E-state index in [9.17, 15) is 14.7 Å². The summed E-state index contributed by atoms with van der Waals surface area (Å²) in [5.74, 6) is -0.334. The average Bonchev–Trinajstić information content (AvgIpc) is 2.53. The van der Waals surface area contributed by atoms with Crippen molar-refractivity contribution in [1.29, 1.82) is 0 Å². The first-order chi connectivity index (χ1) is 9.15. The summed E-state index contributed by atoms with van der Waals surface area (Å²) in [4.78, 5) is 25.7. The smallest absolute Gasteiger partial charge is 0.325 e. The van der Waals surface area contributed by atoms with Gasteiger partial charge in [0.15, 0.2) is 0 Å². The number of aliphatic hydroxyl groups is 1. The number of β-amino-alcohol motifs (C(OH)–C–C–N with tert-alkyl or cyclic N) is 1. The number of carbonyl (C=O) groups is 2. The Morgan fingerprint density at radius 3 is 2.45 bits per heavy atom. The Labute approximate surface area is 118 Å². The number of hydrogen-bond acceptors (Lipinski definition) is 3. The minimum Gasteiger partial charge on any atom is -0.389 e. The highest BCUT2D eigenvalue weighted by molar-refractivity contribution is 6.07. The summed E-state index contributed by atoms with van der Waals surface area (Å²) in [5, 5.41) is 12.6. The van der Waals surface area contributed by atoms with Crippen molar-refractivity contribution in [1.82, 2.24) is 10.2 Å². The fraction of sp³-hybridized carbons (Fsp3) is 0.467. The van der Waals surface area contributed by atoms with E-state index in [0.29, 0.717) is 0 Å². The highest BCUT2D eigenvalue weighted by Gasteiger charge is 2.50. The Hall–Kier alpha value is -1.88. The number of amides is 3. The van der Waals surface area contributed by atoms with E-state index in [-0.39, 0.29) is 12.5 Å². The van der Waals surface area contributed by atoms with Gasteiger partial charge >= 0.3 is 6.03 Å². The molecule has 5 heteroatoms. The molecule has 0 bridgehead atoms. The highest BCUT2D eigenvalue weighted by Crippen LogP contribution is 2.31. The molecule has 1 unspecified atom stereocenters. The van der Waals surface area contributed by atoms with E-state index in [1.165, 1.54) is 0 Å². The lowest BCUT2D eigenvalue weighted by atomic mass is 9.88. The molecule has 0 aromatic heterocycles. The van der Waals surface area contributed by atoms with Crippen LogP contribution in [0.5, 0.6) is 0 Å². The van der Waals surface area contributed by atoms with E-state index in [4.69, 9.17) is 0 Å². The Bertz CT molecular complexity index is 562. The molecule has 1 aliphatic rings. The third-order valence-corrected chi connectivity index (χ3v) is 3.50. The molecule has 5 nitrogen and oxygen atoms in total. The number of benzene rings is 1. The van der Waals surface area contributed by atoms with Gasteiger partial charge in [-0.3, -0.25) is 9.69 Å². The second-order valence-electron chi connectivity index (χ2n) is 6.07. The number of urea groups is 1. The molecule has 1 aromatic rings. The van der Waals surface area contributed by atoms with E-state index >= 15 is 0 Å². The fourth-order valence-electron chi connectivity index (χ4n) is 2.54. The van der Waals surface area contributed by atoms with Gasteiger partial charge in [0.2, 0.25) is 0 Å². The van der Waals surface area contributed by atoms with Crippen LogP contribution in [0.3, 0.4) is 0 Å². The van der Waals surface area contributed by atoms with Crippen LogP contribution < -0.4 is 5.32 Å². The molecular formula is C15H20N2O3. The maximum absolute atomic E-state index is 12.6. The van der Waals surface area contributed by atoms with Gasteiger partial charge in [-0.05, 0) is 38.8 Å². The van der Waals surface area contributed by atoms with Gasteiger partial charge in [-0.15, -0.1) is 0 Å². The second-order valence-corrected chi connectivity index (χ2v) is 6.07. The van der Waals surface area contributed by atoms with Crippen LogP contribution >= 0.6 is 0 Å². The van der Waals surface area contributed by atoms with Crippen LogP contribution in [0.25, 0.3) is 0 Å². The SMILES string of the molecule is Cc1ccccc1C1(C)NC(=O)N(CC(C)(C)O)C1=O. The molecule has 2 N–H and O–H groups in total. The zero-order valence-electron chi connectivity index (χ0n) is 12.2. The van der Waals surface area contributed by atoms with Crippen LogP contribution in [-0.4, -0.2) is 34.1 Å². The predicted octanol–water partition coefficient (Wildman–Crippen LogP) is 1.53. The zero-order valence-corrected chi connectivity index (χ0v) is 12.2. The van der Waals surface area contributed by atoms with Gasteiger partial charge in [0.1, 0.15) is 5.54 Å². The summed E-state index contributed by atoms with van der Waals surface area (Å²) < 4.78 is 0. The third kappa shape index (κ3) is 2.41. The summed E-state index contributed by atoms with van der Waals surface area (Å²) in [5.41, 5.74) is -0.483. The van der Waals surface area contributed by atoms with Crippen LogP contribution in [0, 0.1) is 6.92 Å². The summed E-state index contributed by atoms with van der Waals surface area (Å²) in [6.07, 6.45) is 0. The summed E-state index contributed by atoms with van der Waals surface area (Å²) >= 11 is 0. The van der Waals surface area contributed by atoms with Crippen molar-refractivity contribution in [3.8, 4) is 0 Å².